The summed E-state index contributed by atoms with van der Waals surface area (Å²) < 4.78 is 21.6. The van der Waals surface area contributed by atoms with E-state index in [4.69, 9.17) is 30.5 Å². The standard InChI is InChI=1S/C19H22ClNO5/c1-12(26-15-8-6-5-7-14(15)20)19(22)21-11-13-9-10-16(23-2)18(25-4)17(13)24-3/h5-10,12H,11H2,1-4H3,(H,21,22). The molecule has 1 unspecified atom stereocenters. The normalized spacial score (nSPS) is 11.4. The van der Waals surface area contributed by atoms with Crippen molar-refractivity contribution < 1.29 is 23.7 Å². The van der Waals surface area contributed by atoms with Gasteiger partial charge in [-0.1, -0.05) is 23.7 Å². The van der Waals surface area contributed by atoms with Gasteiger partial charge in [-0.2, -0.15) is 0 Å². The van der Waals surface area contributed by atoms with Gasteiger partial charge >= 0.3 is 0 Å². The van der Waals surface area contributed by atoms with Gasteiger partial charge in [-0.25, -0.2) is 0 Å². The third kappa shape index (κ3) is 4.52. The van der Waals surface area contributed by atoms with Gasteiger partial charge in [0.2, 0.25) is 5.75 Å². The highest BCUT2D eigenvalue weighted by Gasteiger charge is 2.19. The molecule has 140 valence electrons. The molecular formula is C19H22ClNO5. The first-order valence-corrected chi connectivity index (χ1v) is 8.36. The Labute approximate surface area is 158 Å². The third-order valence-electron chi connectivity index (χ3n) is 3.75. The second kappa shape index (κ2) is 9.20. The molecule has 1 amide bonds. The average Bonchev–Trinajstić information content (AvgIpc) is 2.66. The lowest BCUT2D eigenvalue weighted by Gasteiger charge is -2.18. The Balaban J connectivity index is 2.06. The van der Waals surface area contributed by atoms with E-state index in [1.807, 2.05) is 0 Å². The smallest absolute Gasteiger partial charge is 0.261 e. The van der Waals surface area contributed by atoms with E-state index in [0.29, 0.717) is 28.0 Å². The Morgan fingerprint density at radius 2 is 1.69 bits per heavy atom. The lowest BCUT2D eigenvalue weighted by atomic mass is 10.1. The predicted molar refractivity (Wildman–Crippen MR) is 99.5 cm³/mol. The largest absolute Gasteiger partial charge is 0.493 e. The number of nitrogens with one attached hydrogen (secondary N) is 1. The van der Waals surface area contributed by atoms with Gasteiger partial charge in [0.05, 0.1) is 26.4 Å². The number of hydrogen-bond acceptors (Lipinski definition) is 5. The van der Waals surface area contributed by atoms with Crippen LogP contribution in [0.15, 0.2) is 36.4 Å². The number of benzene rings is 2. The maximum atomic E-state index is 12.3. The van der Waals surface area contributed by atoms with Crippen LogP contribution < -0.4 is 24.3 Å². The molecule has 2 aromatic rings. The fourth-order valence-electron chi connectivity index (χ4n) is 2.41. The number of methoxy groups -OCH3 is 3. The molecule has 0 aliphatic rings. The summed E-state index contributed by atoms with van der Waals surface area (Å²) in [5.41, 5.74) is 0.753. The van der Waals surface area contributed by atoms with Crippen LogP contribution in [-0.4, -0.2) is 33.3 Å². The van der Waals surface area contributed by atoms with E-state index in [9.17, 15) is 4.79 Å². The zero-order valence-electron chi connectivity index (χ0n) is 15.2. The summed E-state index contributed by atoms with van der Waals surface area (Å²) in [5.74, 6) is 1.71. The van der Waals surface area contributed by atoms with Crippen LogP contribution in [0.5, 0.6) is 23.0 Å². The minimum Gasteiger partial charge on any atom is -0.493 e. The van der Waals surface area contributed by atoms with Crippen LogP contribution in [0.2, 0.25) is 5.02 Å². The van der Waals surface area contributed by atoms with Crippen molar-refractivity contribution in [2.75, 3.05) is 21.3 Å². The predicted octanol–water partition coefficient (Wildman–Crippen LogP) is 3.45. The minimum absolute atomic E-state index is 0.249. The highest BCUT2D eigenvalue weighted by atomic mass is 35.5. The van der Waals surface area contributed by atoms with Crippen molar-refractivity contribution in [3.05, 3.63) is 47.0 Å². The first-order valence-electron chi connectivity index (χ1n) is 7.98. The molecule has 2 aromatic carbocycles. The van der Waals surface area contributed by atoms with Crippen molar-refractivity contribution in [3.8, 4) is 23.0 Å². The van der Waals surface area contributed by atoms with Crippen LogP contribution in [0, 0.1) is 0 Å². The SMILES string of the molecule is COc1ccc(CNC(=O)C(C)Oc2ccccc2Cl)c(OC)c1OC. The molecule has 2 rings (SSSR count). The average molecular weight is 380 g/mol. The number of carbonyl (C=O) groups is 1. The number of hydrogen-bond donors (Lipinski definition) is 1. The summed E-state index contributed by atoms with van der Waals surface area (Å²) in [6.45, 7) is 1.91. The second-order valence-electron chi connectivity index (χ2n) is 5.40. The Hall–Kier alpha value is -2.60. The van der Waals surface area contributed by atoms with Crippen molar-refractivity contribution in [1.29, 1.82) is 0 Å². The third-order valence-corrected chi connectivity index (χ3v) is 4.06. The van der Waals surface area contributed by atoms with Crippen molar-refractivity contribution in [2.45, 2.75) is 19.6 Å². The molecule has 0 radical (unpaired) electrons. The molecule has 0 aliphatic carbocycles. The Morgan fingerprint density at radius 3 is 2.31 bits per heavy atom. The van der Waals surface area contributed by atoms with E-state index in [2.05, 4.69) is 5.32 Å². The van der Waals surface area contributed by atoms with Gasteiger partial charge in [0.25, 0.3) is 5.91 Å². The summed E-state index contributed by atoms with van der Waals surface area (Å²) in [7, 11) is 4.61. The Kier molecular flexibility index (Phi) is 6.97. The topological polar surface area (TPSA) is 66.0 Å². The summed E-state index contributed by atoms with van der Waals surface area (Å²) in [5, 5.41) is 3.27. The fourth-order valence-corrected chi connectivity index (χ4v) is 2.59. The molecule has 0 saturated carbocycles. The maximum Gasteiger partial charge on any atom is 0.261 e. The van der Waals surface area contributed by atoms with Crippen molar-refractivity contribution in [2.24, 2.45) is 0 Å². The van der Waals surface area contributed by atoms with Gasteiger partial charge in [0, 0.05) is 12.1 Å². The van der Waals surface area contributed by atoms with Crippen molar-refractivity contribution >= 4 is 17.5 Å². The Bertz CT molecular complexity index is 766. The van der Waals surface area contributed by atoms with Crippen LogP contribution >= 0.6 is 11.6 Å². The number of amides is 1. The van der Waals surface area contributed by atoms with Crippen LogP contribution in [-0.2, 0) is 11.3 Å². The van der Waals surface area contributed by atoms with Crippen LogP contribution in [0.1, 0.15) is 12.5 Å². The maximum absolute atomic E-state index is 12.3. The van der Waals surface area contributed by atoms with Crippen LogP contribution in [0.3, 0.4) is 0 Å². The molecular weight excluding hydrogens is 358 g/mol. The molecule has 0 bridgehead atoms. The molecule has 0 aliphatic heterocycles. The number of ether oxygens (including phenoxy) is 4. The highest BCUT2D eigenvalue weighted by molar-refractivity contribution is 6.32. The first kappa shape index (κ1) is 19.7. The Morgan fingerprint density at radius 1 is 1.00 bits per heavy atom. The van der Waals surface area contributed by atoms with E-state index in [-0.39, 0.29) is 12.5 Å². The van der Waals surface area contributed by atoms with Gasteiger partial charge in [-0.05, 0) is 31.2 Å². The number of rotatable bonds is 8. The zero-order valence-corrected chi connectivity index (χ0v) is 15.9. The number of halogens is 1. The van der Waals surface area contributed by atoms with E-state index in [0.717, 1.165) is 5.56 Å². The highest BCUT2D eigenvalue weighted by Crippen LogP contribution is 2.39. The molecule has 0 aromatic heterocycles. The minimum atomic E-state index is -0.707. The lowest BCUT2D eigenvalue weighted by molar-refractivity contribution is -0.127. The van der Waals surface area contributed by atoms with Crippen molar-refractivity contribution in [3.63, 3.8) is 0 Å². The van der Waals surface area contributed by atoms with E-state index >= 15 is 0 Å². The monoisotopic (exact) mass is 379 g/mol. The van der Waals surface area contributed by atoms with E-state index in [1.54, 1.807) is 50.4 Å². The van der Waals surface area contributed by atoms with Crippen LogP contribution in [0.4, 0.5) is 0 Å². The molecule has 1 N–H and O–H groups in total. The molecule has 1 atom stereocenters. The summed E-state index contributed by atoms with van der Waals surface area (Å²) in [4.78, 5) is 12.3. The molecule has 0 heterocycles. The summed E-state index contributed by atoms with van der Waals surface area (Å²) in [6, 6.07) is 10.6. The molecule has 26 heavy (non-hydrogen) atoms. The van der Waals surface area contributed by atoms with Gasteiger partial charge in [-0.15, -0.1) is 0 Å². The van der Waals surface area contributed by atoms with Gasteiger partial charge in [-0.3, -0.25) is 4.79 Å². The van der Waals surface area contributed by atoms with Gasteiger partial charge in [0.15, 0.2) is 17.6 Å². The summed E-state index contributed by atoms with van der Waals surface area (Å²) in [6.07, 6.45) is -0.707. The number of para-hydroxylation sites is 1. The number of carbonyl (C=O) groups excluding carboxylic acids is 1. The van der Waals surface area contributed by atoms with E-state index in [1.165, 1.54) is 14.2 Å². The molecule has 0 saturated heterocycles. The molecule has 7 heteroatoms. The zero-order chi connectivity index (χ0) is 19.1. The fraction of sp³-hybridized carbons (Fsp3) is 0.316. The molecule has 6 nitrogen and oxygen atoms in total. The molecule has 0 fully saturated rings. The summed E-state index contributed by atoms with van der Waals surface area (Å²) >= 11 is 6.05. The van der Waals surface area contributed by atoms with E-state index < -0.39 is 6.10 Å². The quantitative estimate of drug-likeness (QED) is 0.761. The molecule has 0 spiro atoms. The van der Waals surface area contributed by atoms with Gasteiger partial charge < -0.3 is 24.3 Å². The van der Waals surface area contributed by atoms with Crippen LogP contribution in [0.25, 0.3) is 0 Å². The lowest BCUT2D eigenvalue weighted by Crippen LogP contribution is -2.36. The second-order valence-corrected chi connectivity index (χ2v) is 5.81. The first-order chi connectivity index (χ1) is 12.5. The van der Waals surface area contributed by atoms with Gasteiger partial charge in [0.1, 0.15) is 5.75 Å². The van der Waals surface area contributed by atoms with Crippen molar-refractivity contribution in [1.82, 2.24) is 5.32 Å².